The largest absolute Gasteiger partial charge is 0.496 e. The Hall–Kier alpha value is -1.27. The number of carbonyl (C=O) groups excluding carboxylic acids is 1. The average Bonchev–Trinajstić information content (AvgIpc) is 2.44. The number of methoxy groups -OCH3 is 1. The quantitative estimate of drug-likeness (QED) is 0.779. The van der Waals surface area contributed by atoms with Gasteiger partial charge in [-0.2, -0.15) is 0 Å². The molecule has 5 nitrogen and oxygen atoms in total. The van der Waals surface area contributed by atoms with Gasteiger partial charge in [0.1, 0.15) is 5.75 Å². The molecular formula is C14H20ClNO4S. The first-order valence-electron chi connectivity index (χ1n) is 6.77. The first-order valence-corrected chi connectivity index (χ1v) is 9.08. The zero-order valence-electron chi connectivity index (χ0n) is 12.3. The van der Waals surface area contributed by atoms with Crippen LogP contribution in [0.25, 0.3) is 0 Å². The molecule has 1 unspecified atom stereocenters. The second kappa shape index (κ2) is 7.66. The van der Waals surface area contributed by atoms with Gasteiger partial charge in [-0.1, -0.05) is 20.3 Å². The van der Waals surface area contributed by atoms with Gasteiger partial charge in [-0.05, 0) is 31.0 Å². The number of amides is 1. The molecule has 0 aliphatic rings. The van der Waals surface area contributed by atoms with Crippen LogP contribution in [0.3, 0.4) is 0 Å². The first kappa shape index (κ1) is 17.8. The van der Waals surface area contributed by atoms with Crippen molar-refractivity contribution in [1.82, 2.24) is 5.32 Å². The van der Waals surface area contributed by atoms with E-state index in [1.807, 2.05) is 13.8 Å². The monoisotopic (exact) mass is 333 g/mol. The van der Waals surface area contributed by atoms with Gasteiger partial charge in [-0.15, -0.1) is 0 Å². The smallest absolute Gasteiger partial charge is 0.261 e. The molecule has 0 fully saturated rings. The van der Waals surface area contributed by atoms with Gasteiger partial charge in [0, 0.05) is 16.7 Å². The third-order valence-corrected chi connectivity index (χ3v) is 4.51. The first-order chi connectivity index (χ1) is 9.83. The minimum atomic E-state index is -3.89. The second-order valence-electron chi connectivity index (χ2n) is 4.67. The van der Waals surface area contributed by atoms with Crippen LogP contribution in [0.4, 0.5) is 0 Å². The van der Waals surface area contributed by atoms with Crippen LogP contribution in [0.1, 0.15) is 43.5 Å². The normalized spacial score (nSPS) is 12.8. The number of carbonyl (C=O) groups is 1. The fourth-order valence-electron chi connectivity index (χ4n) is 2.01. The molecule has 0 saturated carbocycles. The highest BCUT2D eigenvalue weighted by Gasteiger charge is 2.19. The predicted molar refractivity (Wildman–Crippen MR) is 82.5 cm³/mol. The molecule has 118 valence electrons. The van der Waals surface area contributed by atoms with E-state index in [-0.39, 0.29) is 22.4 Å². The standard InChI is InChI=1S/C14H20ClNO4S/c1-4-6-10(5-2)16-14(17)12-9-11(21(15,18)19)7-8-13(12)20-3/h7-10H,4-6H2,1-3H3,(H,16,17). The van der Waals surface area contributed by atoms with E-state index in [9.17, 15) is 13.2 Å². The van der Waals surface area contributed by atoms with Crippen LogP contribution < -0.4 is 10.1 Å². The zero-order valence-corrected chi connectivity index (χ0v) is 13.9. The highest BCUT2D eigenvalue weighted by atomic mass is 35.7. The van der Waals surface area contributed by atoms with Crippen molar-refractivity contribution >= 4 is 25.6 Å². The van der Waals surface area contributed by atoms with E-state index in [1.165, 1.54) is 25.3 Å². The lowest BCUT2D eigenvalue weighted by Crippen LogP contribution is -2.34. The second-order valence-corrected chi connectivity index (χ2v) is 7.23. The van der Waals surface area contributed by atoms with Gasteiger partial charge in [0.15, 0.2) is 0 Å². The van der Waals surface area contributed by atoms with Gasteiger partial charge in [0.05, 0.1) is 17.6 Å². The average molecular weight is 334 g/mol. The van der Waals surface area contributed by atoms with Crippen molar-refractivity contribution in [3.05, 3.63) is 23.8 Å². The van der Waals surface area contributed by atoms with Gasteiger partial charge >= 0.3 is 0 Å². The molecule has 0 saturated heterocycles. The summed E-state index contributed by atoms with van der Waals surface area (Å²) < 4.78 is 27.9. The molecular weight excluding hydrogens is 314 g/mol. The van der Waals surface area contributed by atoms with Crippen molar-refractivity contribution in [2.75, 3.05) is 7.11 Å². The molecule has 0 aliphatic heterocycles. The molecule has 21 heavy (non-hydrogen) atoms. The summed E-state index contributed by atoms with van der Waals surface area (Å²) in [6.07, 6.45) is 2.61. The summed E-state index contributed by atoms with van der Waals surface area (Å²) in [5.41, 5.74) is 0.161. The van der Waals surface area contributed by atoms with Crippen molar-refractivity contribution in [1.29, 1.82) is 0 Å². The minimum absolute atomic E-state index is 0.0449. The number of halogens is 1. The molecule has 0 spiro atoms. The number of rotatable bonds is 7. The molecule has 0 aliphatic carbocycles. The third kappa shape index (κ3) is 4.89. The molecule has 0 radical (unpaired) electrons. The molecule has 0 bridgehead atoms. The van der Waals surface area contributed by atoms with E-state index < -0.39 is 9.05 Å². The molecule has 1 rings (SSSR count). The Balaban J connectivity index is 3.11. The molecule has 0 heterocycles. The summed E-state index contributed by atoms with van der Waals surface area (Å²) in [6.45, 7) is 4.02. The number of hydrogen-bond acceptors (Lipinski definition) is 4. The van der Waals surface area contributed by atoms with E-state index in [0.717, 1.165) is 19.3 Å². The minimum Gasteiger partial charge on any atom is -0.496 e. The molecule has 0 aromatic heterocycles. The van der Waals surface area contributed by atoms with Crippen LogP contribution in [0.2, 0.25) is 0 Å². The summed E-state index contributed by atoms with van der Waals surface area (Å²) in [5.74, 6) is -0.0581. The van der Waals surface area contributed by atoms with Crippen LogP contribution in [0.15, 0.2) is 23.1 Å². The van der Waals surface area contributed by atoms with Crippen LogP contribution in [-0.2, 0) is 9.05 Å². The van der Waals surface area contributed by atoms with Crippen LogP contribution in [-0.4, -0.2) is 27.5 Å². The van der Waals surface area contributed by atoms with Gasteiger partial charge in [0.25, 0.3) is 15.0 Å². The predicted octanol–water partition coefficient (Wildman–Crippen LogP) is 2.93. The van der Waals surface area contributed by atoms with Crippen LogP contribution in [0, 0.1) is 0 Å². The van der Waals surface area contributed by atoms with E-state index in [0.29, 0.717) is 5.75 Å². The van der Waals surface area contributed by atoms with Crippen molar-refractivity contribution in [3.8, 4) is 5.75 Å². The van der Waals surface area contributed by atoms with Crippen LogP contribution in [0.5, 0.6) is 5.75 Å². The lowest BCUT2D eigenvalue weighted by molar-refractivity contribution is 0.0930. The Morgan fingerprint density at radius 2 is 2.05 bits per heavy atom. The van der Waals surface area contributed by atoms with Crippen LogP contribution >= 0.6 is 10.7 Å². The number of benzene rings is 1. The summed E-state index contributed by atoms with van der Waals surface area (Å²) >= 11 is 0. The summed E-state index contributed by atoms with van der Waals surface area (Å²) in [5, 5.41) is 2.88. The maximum atomic E-state index is 12.3. The molecule has 1 amide bonds. The van der Waals surface area contributed by atoms with Gasteiger partial charge in [-0.3, -0.25) is 4.79 Å². The fourth-order valence-corrected chi connectivity index (χ4v) is 2.78. The van der Waals surface area contributed by atoms with Crippen molar-refractivity contribution in [3.63, 3.8) is 0 Å². The summed E-state index contributed by atoms with van der Waals surface area (Å²) in [4.78, 5) is 12.2. The summed E-state index contributed by atoms with van der Waals surface area (Å²) in [7, 11) is 2.84. The van der Waals surface area contributed by atoms with Gasteiger partial charge in [0.2, 0.25) is 0 Å². The van der Waals surface area contributed by atoms with E-state index in [2.05, 4.69) is 5.32 Å². The Kier molecular flexibility index (Phi) is 6.48. The highest BCUT2D eigenvalue weighted by Crippen LogP contribution is 2.24. The Morgan fingerprint density at radius 3 is 2.52 bits per heavy atom. The van der Waals surface area contributed by atoms with Gasteiger partial charge < -0.3 is 10.1 Å². The van der Waals surface area contributed by atoms with E-state index >= 15 is 0 Å². The maximum Gasteiger partial charge on any atom is 0.261 e. The Labute approximate surface area is 130 Å². The lowest BCUT2D eigenvalue weighted by Gasteiger charge is -2.17. The Morgan fingerprint density at radius 1 is 1.38 bits per heavy atom. The number of hydrogen-bond donors (Lipinski definition) is 1. The highest BCUT2D eigenvalue weighted by molar-refractivity contribution is 8.13. The van der Waals surface area contributed by atoms with Crippen molar-refractivity contribution in [2.24, 2.45) is 0 Å². The lowest BCUT2D eigenvalue weighted by atomic mass is 10.1. The molecule has 1 aromatic rings. The maximum absolute atomic E-state index is 12.3. The van der Waals surface area contributed by atoms with E-state index in [1.54, 1.807) is 0 Å². The van der Waals surface area contributed by atoms with Crippen molar-refractivity contribution < 1.29 is 17.9 Å². The zero-order chi connectivity index (χ0) is 16.0. The topological polar surface area (TPSA) is 72.5 Å². The molecule has 1 atom stereocenters. The molecule has 1 aromatic carbocycles. The molecule has 7 heteroatoms. The summed E-state index contributed by atoms with van der Waals surface area (Å²) in [6, 6.07) is 4.00. The number of nitrogens with one attached hydrogen (secondary N) is 1. The van der Waals surface area contributed by atoms with Crippen molar-refractivity contribution in [2.45, 2.75) is 44.0 Å². The molecule has 1 N–H and O–H groups in total. The van der Waals surface area contributed by atoms with Gasteiger partial charge in [-0.25, -0.2) is 8.42 Å². The Bertz CT molecular complexity index is 601. The third-order valence-electron chi connectivity index (χ3n) is 3.16. The van der Waals surface area contributed by atoms with E-state index in [4.69, 9.17) is 15.4 Å². The fraction of sp³-hybridized carbons (Fsp3) is 0.500. The SMILES string of the molecule is CCCC(CC)NC(=O)c1cc(S(=O)(=O)Cl)ccc1OC. The number of ether oxygens (including phenoxy) is 1.